The Kier molecular flexibility index (Phi) is 5.36. The number of nitrogens with one attached hydrogen (secondary N) is 1. The van der Waals surface area contributed by atoms with Gasteiger partial charge in [-0.15, -0.1) is 0 Å². The van der Waals surface area contributed by atoms with Crippen LogP contribution in [0.25, 0.3) is 0 Å². The van der Waals surface area contributed by atoms with Crippen molar-refractivity contribution in [3.05, 3.63) is 59.4 Å². The molecule has 0 saturated carbocycles. The molecule has 1 amide bonds. The molecule has 3 heterocycles. The van der Waals surface area contributed by atoms with E-state index in [4.69, 9.17) is 4.74 Å². The van der Waals surface area contributed by atoms with E-state index in [0.29, 0.717) is 18.8 Å². The number of amides is 1. The van der Waals surface area contributed by atoms with Crippen LogP contribution in [0.1, 0.15) is 60.6 Å². The minimum Gasteiger partial charge on any atom is -0.487 e. The first-order valence-corrected chi connectivity index (χ1v) is 10.4. The lowest BCUT2D eigenvalue weighted by atomic mass is 9.75. The molecule has 1 aromatic carbocycles. The maximum atomic E-state index is 12.8. The third-order valence-electron chi connectivity index (χ3n) is 6.17. The number of pyridine rings is 1. The average Bonchev–Trinajstić information content (AvgIpc) is 2.74. The number of fused-ring (bicyclic) bond motifs is 1. The van der Waals surface area contributed by atoms with Gasteiger partial charge in [0.15, 0.2) is 0 Å². The van der Waals surface area contributed by atoms with Crippen molar-refractivity contribution in [2.24, 2.45) is 0 Å². The molecule has 5 heteroatoms. The minimum absolute atomic E-state index is 0.00349. The van der Waals surface area contributed by atoms with Crippen molar-refractivity contribution in [2.75, 3.05) is 26.2 Å². The van der Waals surface area contributed by atoms with Crippen LogP contribution < -0.4 is 10.1 Å². The highest BCUT2D eigenvalue weighted by Crippen LogP contribution is 2.47. The molecule has 2 aliphatic rings. The van der Waals surface area contributed by atoms with E-state index in [-0.39, 0.29) is 17.4 Å². The molecule has 5 nitrogen and oxygen atoms in total. The molecule has 1 fully saturated rings. The standard InChI is InChI=1S/C23H29N3O2/c1-3-26(4-2)22(27)20-15-17(9-12-25-20)19-16-23(10-13-24-14-11-23)28-21-8-6-5-7-18(19)21/h5-9,12,15,19,24H,3-4,10-11,13-14,16H2,1-2H3. The first-order chi connectivity index (χ1) is 13.7. The molecule has 1 N–H and O–H groups in total. The van der Waals surface area contributed by atoms with Gasteiger partial charge in [-0.25, -0.2) is 0 Å². The van der Waals surface area contributed by atoms with Crippen molar-refractivity contribution in [3.8, 4) is 5.75 Å². The van der Waals surface area contributed by atoms with E-state index in [1.807, 2.05) is 30.9 Å². The molecule has 4 rings (SSSR count). The summed E-state index contributed by atoms with van der Waals surface area (Å²) in [7, 11) is 0. The lowest BCUT2D eigenvalue weighted by Crippen LogP contribution is -2.49. The van der Waals surface area contributed by atoms with Gasteiger partial charge in [0, 0.05) is 30.8 Å². The third-order valence-corrected chi connectivity index (χ3v) is 6.17. The van der Waals surface area contributed by atoms with Crippen molar-refractivity contribution < 1.29 is 9.53 Å². The van der Waals surface area contributed by atoms with E-state index in [0.717, 1.165) is 43.7 Å². The van der Waals surface area contributed by atoms with E-state index in [1.54, 1.807) is 6.20 Å². The summed E-state index contributed by atoms with van der Waals surface area (Å²) >= 11 is 0. The van der Waals surface area contributed by atoms with E-state index < -0.39 is 0 Å². The monoisotopic (exact) mass is 379 g/mol. The molecule has 0 radical (unpaired) electrons. The second-order valence-corrected chi connectivity index (χ2v) is 7.78. The summed E-state index contributed by atoms with van der Waals surface area (Å²) in [5.41, 5.74) is 2.76. The molecule has 1 aromatic heterocycles. The average molecular weight is 380 g/mol. The number of hydrogen-bond acceptors (Lipinski definition) is 4. The number of carbonyl (C=O) groups excluding carboxylic acids is 1. The van der Waals surface area contributed by atoms with Gasteiger partial charge >= 0.3 is 0 Å². The predicted molar refractivity (Wildman–Crippen MR) is 110 cm³/mol. The smallest absolute Gasteiger partial charge is 0.272 e. The number of piperidine rings is 1. The van der Waals surface area contributed by atoms with Gasteiger partial charge in [0.2, 0.25) is 0 Å². The fourth-order valence-corrected chi connectivity index (χ4v) is 4.56. The Morgan fingerprint density at radius 1 is 1.21 bits per heavy atom. The Balaban J connectivity index is 1.71. The molecular weight excluding hydrogens is 350 g/mol. The molecule has 1 atom stereocenters. The number of aromatic nitrogens is 1. The van der Waals surface area contributed by atoms with Crippen molar-refractivity contribution >= 4 is 5.91 Å². The van der Waals surface area contributed by atoms with Gasteiger partial charge in [-0.1, -0.05) is 18.2 Å². The lowest BCUT2D eigenvalue weighted by Gasteiger charge is -2.45. The normalized spacial score (nSPS) is 20.3. The van der Waals surface area contributed by atoms with E-state index in [1.165, 1.54) is 5.56 Å². The van der Waals surface area contributed by atoms with Gasteiger partial charge in [0.1, 0.15) is 17.0 Å². The Labute approximate surface area is 167 Å². The number of nitrogens with zero attached hydrogens (tertiary/aromatic N) is 2. The number of para-hydroxylation sites is 1. The van der Waals surface area contributed by atoms with Crippen LogP contribution in [-0.2, 0) is 0 Å². The molecular formula is C23H29N3O2. The van der Waals surface area contributed by atoms with Crippen LogP contribution >= 0.6 is 0 Å². The summed E-state index contributed by atoms with van der Waals surface area (Å²) in [5, 5.41) is 3.44. The van der Waals surface area contributed by atoms with Crippen LogP contribution in [0.4, 0.5) is 0 Å². The summed E-state index contributed by atoms with van der Waals surface area (Å²) in [4.78, 5) is 19.0. The SMILES string of the molecule is CCN(CC)C(=O)c1cc(C2CC3(CCNCC3)Oc3ccccc32)ccn1. The van der Waals surface area contributed by atoms with Gasteiger partial charge in [-0.05, 0) is 70.0 Å². The summed E-state index contributed by atoms with van der Waals surface area (Å²) in [5.74, 6) is 1.20. The number of ether oxygens (including phenoxy) is 1. The molecule has 0 aliphatic carbocycles. The summed E-state index contributed by atoms with van der Waals surface area (Å²) in [6.07, 6.45) is 4.73. The van der Waals surface area contributed by atoms with Crippen LogP contribution in [0.5, 0.6) is 5.75 Å². The van der Waals surface area contributed by atoms with Crippen LogP contribution in [0.15, 0.2) is 42.6 Å². The minimum atomic E-state index is -0.128. The number of benzene rings is 1. The van der Waals surface area contributed by atoms with Crippen molar-refractivity contribution in [1.29, 1.82) is 0 Å². The Bertz CT molecular complexity index is 841. The molecule has 1 spiro atoms. The maximum absolute atomic E-state index is 12.8. The number of carbonyl (C=O) groups is 1. The second kappa shape index (κ2) is 7.92. The highest BCUT2D eigenvalue weighted by Gasteiger charge is 2.42. The molecule has 148 valence electrons. The van der Waals surface area contributed by atoms with E-state index >= 15 is 0 Å². The van der Waals surface area contributed by atoms with Crippen LogP contribution in [-0.4, -0.2) is 47.6 Å². The largest absolute Gasteiger partial charge is 0.487 e. The molecule has 1 saturated heterocycles. The van der Waals surface area contributed by atoms with Crippen LogP contribution in [0, 0.1) is 0 Å². The Hall–Kier alpha value is -2.40. The lowest BCUT2D eigenvalue weighted by molar-refractivity contribution is 0.0114. The Morgan fingerprint density at radius 2 is 1.96 bits per heavy atom. The molecule has 2 aliphatic heterocycles. The summed E-state index contributed by atoms with van der Waals surface area (Å²) in [6, 6.07) is 12.4. The summed E-state index contributed by atoms with van der Waals surface area (Å²) in [6.45, 7) is 7.35. The molecule has 28 heavy (non-hydrogen) atoms. The fourth-order valence-electron chi connectivity index (χ4n) is 4.56. The first kappa shape index (κ1) is 18.9. The predicted octanol–water partition coefficient (Wildman–Crippen LogP) is 3.60. The highest BCUT2D eigenvalue weighted by molar-refractivity contribution is 5.92. The van der Waals surface area contributed by atoms with E-state index in [9.17, 15) is 4.79 Å². The van der Waals surface area contributed by atoms with Crippen molar-refractivity contribution in [3.63, 3.8) is 0 Å². The van der Waals surface area contributed by atoms with Crippen LogP contribution in [0.3, 0.4) is 0 Å². The Morgan fingerprint density at radius 3 is 2.71 bits per heavy atom. The number of hydrogen-bond donors (Lipinski definition) is 1. The highest BCUT2D eigenvalue weighted by atomic mass is 16.5. The van der Waals surface area contributed by atoms with Crippen molar-refractivity contribution in [1.82, 2.24) is 15.2 Å². The zero-order valence-corrected chi connectivity index (χ0v) is 16.8. The van der Waals surface area contributed by atoms with E-state index in [2.05, 4.69) is 34.6 Å². The van der Waals surface area contributed by atoms with Gasteiger partial charge in [-0.3, -0.25) is 9.78 Å². The fraction of sp³-hybridized carbons (Fsp3) is 0.478. The second-order valence-electron chi connectivity index (χ2n) is 7.78. The first-order valence-electron chi connectivity index (χ1n) is 10.4. The topological polar surface area (TPSA) is 54.5 Å². The summed E-state index contributed by atoms with van der Waals surface area (Å²) < 4.78 is 6.53. The molecule has 1 unspecified atom stereocenters. The quantitative estimate of drug-likeness (QED) is 0.882. The number of rotatable bonds is 4. The van der Waals surface area contributed by atoms with Crippen LogP contribution in [0.2, 0.25) is 0 Å². The zero-order valence-electron chi connectivity index (χ0n) is 16.8. The molecule has 0 bridgehead atoms. The third kappa shape index (κ3) is 3.51. The van der Waals surface area contributed by atoms with Crippen molar-refractivity contribution in [2.45, 2.75) is 44.6 Å². The van der Waals surface area contributed by atoms with Gasteiger partial charge in [0.05, 0.1) is 0 Å². The van der Waals surface area contributed by atoms with Gasteiger partial charge < -0.3 is 15.0 Å². The van der Waals surface area contributed by atoms with Gasteiger partial charge in [0.25, 0.3) is 5.91 Å². The zero-order chi connectivity index (χ0) is 19.6. The van der Waals surface area contributed by atoms with Gasteiger partial charge in [-0.2, -0.15) is 0 Å². The molecule has 2 aromatic rings. The maximum Gasteiger partial charge on any atom is 0.272 e.